The van der Waals surface area contributed by atoms with Gasteiger partial charge in [-0.05, 0) is 25.5 Å². The third-order valence-electron chi connectivity index (χ3n) is 3.76. The lowest BCUT2D eigenvalue weighted by molar-refractivity contribution is 0.486. The second-order valence-corrected chi connectivity index (χ2v) is 7.51. The highest BCUT2D eigenvalue weighted by molar-refractivity contribution is 7.90. The molecule has 1 aliphatic heterocycles. The Hall–Kier alpha value is -1.54. The van der Waals surface area contributed by atoms with Gasteiger partial charge in [0.05, 0.1) is 11.5 Å². The third kappa shape index (κ3) is 4.97. The van der Waals surface area contributed by atoms with Gasteiger partial charge in [-0.1, -0.05) is 6.92 Å². The molecule has 8 heteroatoms. The van der Waals surface area contributed by atoms with E-state index in [1.807, 2.05) is 24.0 Å². The molecule has 0 aromatic carbocycles. The molecular weight excluding hydrogens is 316 g/mol. The number of nitrogens with one attached hydrogen (secondary N) is 2. The Morgan fingerprint density at radius 2 is 2.26 bits per heavy atom. The molecule has 0 bridgehead atoms. The number of nitrogens with zero attached hydrogens (tertiary/aromatic N) is 2. The van der Waals surface area contributed by atoms with Crippen LogP contribution in [-0.4, -0.2) is 57.3 Å². The van der Waals surface area contributed by atoms with E-state index in [1.165, 1.54) is 0 Å². The van der Waals surface area contributed by atoms with Gasteiger partial charge in [0.2, 0.25) is 10.0 Å². The molecule has 1 saturated heterocycles. The average Bonchev–Trinajstić information content (AvgIpc) is 3.18. The summed E-state index contributed by atoms with van der Waals surface area (Å²) in [5.74, 6) is 1.67. The number of hydrogen-bond donors (Lipinski definition) is 2. The molecule has 0 aliphatic carbocycles. The van der Waals surface area contributed by atoms with E-state index in [4.69, 9.17) is 4.42 Å². The smallest absolute Gasteiger partial charge is 0.216 e. The Kier molecular flexibility index (Phi) is 6.47. The van der Waals surface area contributed by atoms with Crippen molar-refractivity contribution in [2.45, 2.75) is 31.9 Å². The Morgan fingerprint density at radius 1 is 1.43 bits per heavy atom. The van der Waals surface area contributed by atoms with Crippen LogP contribution in [0.15, 0.2) is 27.8 Å². The first-order valence-corrected chi connectivity index (χ1v) is 9.65. The third-order valence-corrected chi connectivity index (χ3v) is 5.72. The van der Waals surface area contributed by atoms with Crippen LogP contribution in [0, 0.1) is 0 Å². The van der Waals surface area contributed by atoms with E-state index in [0.717, 1.165) is 24.7 Å². The SMILES string of the molecule is CCNC(=NCCc1ccco1)N1CCC(S(=O)(=O)NCC)C1. The highest BCUT2D eigenvalue weighted by atomic mass is 32.2. The average molecular weight is 342 g/mol. The molecule has 2 N–H and O–H groups in total. The Morgan fingerprint density at radius 3 is 2.91 bits per heavy atom. The highest BCUT2D eigenvalue weighted by Crippen LogP contribution is 2.16. The maximum atomic E-state index is 12.1. The van der Waals surface area contributed by atoms with Gasteiger partial charge in [-0.2, -0.15) is 0 Å². The molecule has 1 aromatic rings. The number of furan rings is 1. The molecule has 0 saturated carbocycles. The topological polar surface area (TPSA) is 86.9 Å². The zero-order chi connectivity index (χ0) is 16.7. The van der Waals surface area contributed by atoms with Crippen LogP contribution in [0.25, 0.3) is 0 Å². The van der Waals surface area contributed by atoms with Crippen LogP contribution in [0.4, 0.5) is 0 Å². The number of aliphatic imine (C=N–C) groups is 1. The van der Waals surface area contributed by atoms with E-state index >= 15 is 0 Å². The van der Waals surface area contributed by atoms with E-state index in [0.29, 0.717) is 32.6 Å². The van der Waals surface area contributed by atoms with Crippen LogP contribution in [0.5, 0.6) is 0 Å². The molecule has 7 nitrogen and oxygen atoms in total. The number of likely N-dealkylation sites (tertiary alicyclic amines) is 1. The molecule has 0 amide bonds. The molecule has 2 heterocycles. The van der Waals surface area contributed by atoms with E-state index in [1.54, 1.807) is 13.2 Å². The van der Waals surface area contributed by atoms with E-state index in [9.17, 15) is 8.42 Å². The van der Waals surface area contributed by atoms with E-state index in [-0.39, 0.29) is 5.25 Å². The summed E-state index contributed by atoms with van der Waals surface area (Å²) in [5.41, 5.74) is 0. The fourth-order valence-electron chi connectivity index (χ4n) is 2.65. The van der Waals surface area contributed by atoms with Crippen molar-refractivity contribution < 1.29 is 12.8 Å². The van der Waals surface area contributed by atoms with Gasteiger partial charge in [0.1, 0.15) is 5.76 Å². The van der Waals surface area contributed by atoms with Crippen LogP contribution in [0.1, 0.15) is 26.0 Å². The summed E-state index contributed by atoms with van der Waals surface area (Å²) >= 11 is 0. The quantitative estimate of drug-likeness (QED) is 0.565. The summed E-state index contributed by atoms with van der Waals surface area (Å²) < 4.78 is 32.1. The monoisotopic (exact) mass is 342 g/mol. The first-order valence-electron chi connectivity index (χ1n) is 8.11. The first-order chi connectivity index (χ1) is 11.1. The molecule has 1 aromatic heterocycles. The minimum absolute atomic E-state index is 0.378. The predicted molar refractivity (Wildman–Crippen MR) is 91.0 cm³/mol. The Labute approximate surface area is 138 Å². The lowest BCUT2D eigenvalue weighted by atomic mass is 10.3. The van der Waals surface area contributed by atoms with Crippen LogP contribution in [-0.2, 0) is 16.4 Å². The minimum atomic E-state index is -3.24. The Bertz CT molecular complexity index is 598. The summed E-state index contributed by atoms with van der Waals surface area (Å²) in [7, 11) is -3.24. The predicted octanol–water partition coefficient (Wildman–Crippen LogP) is 0.801. The molecule has 2 rings (SSSR count). The fourth-order valence-corrected chi connectivity index (χ4v) is 4.08. The molecular formula is C15H26N4O3S. The maximum Gasteiger partial charge on any atom is 0.216 e. The normalized spacial score (nSPS) is 19.3. The van der Waals surface area contributed by atoms with Gasteiger partial charge in [0.25, 0.3) is 0 Å². The maximum absolute atomic E-state index is 12.1. The molecule has 1 unspecified atom stereocenters. The molecule has 0 spiro atoms. The van der Waals surface area contributed by atoms with Gasteiger partial charge in [-0.3, -0.25) is 4.99 Å². The van der Waals surface area contributed by atoms with Crippen molar-refractivity contribution in [1.29, 1.82) is 0 Å². The molecule has 0 radical (unpaired) electrons. The van der Waals surface area contributed by atoms with Crippen LogP contribution >= 0.6 is 0 Å². The van der Waals surface area contributed by atoms with Crippen molar-refractivity contribution in [3.63, 3.8) is 0 Å². The van der Waals surface area contributed by atoms with Crippen LogP contribution < -0.4 is 10.0 Å². The number of hydrogen-bond acceptors (Lipinski definition) is 4. The van der Waals surface area contributed by atoms with Gasteiger partial charge in [-0.25, -0.2) is 13.1 Å². The van der Waals surface area contributed by atoms with Crippen molar-refractivity contribution in [1.82, 2.24) is 14.9 Å². The van der Waals surface area contributed by atoms with Gasteiger partial charge < -0.3 is 14.6 Å². The lowest BCUT2D eigenvalue weighted by Gasteiger charge is -2.21. The Balaban J connectivity index is 1.95. The lowest BCUT2D eigenvalue weighted by Crippen LogP contribution is -2.42. The largest absolute Gasteiger partial charge is 0.469 e. The minimum Gasteiger partial charge on any atom is -0.469 e. The van der Waals surface area contributed by atoms with Crippen LogP contribution in [0.2, 0.25) is 0 Å². The molecule has 1 aliphatic rings. The second-order valence-electron chi connectivity index (χ2n) is 5.46. The second kappa shape index (κ2) is 8.35. The summed E-state index contributed by atoms with van der Waals surface area (Å²) in [6.07, 6.45) is 3.01. The van der Waals surface area contributed by atoms with E-state index < -0.39 is 10.0 Å². The van der Waals surface area contributed by atoms with Crippen molar-refractivity contribution >= 4 is 16.0 Å². The molecule has 1 atom stereocenters. The summed E-state index contributed by atoms with van der Waals surface area (Å²) in [5, 5.41) is 2.86. The van der Waals surface area contributed by atoms with Gasteiger partial charge in [0, 0.05) is 39.1 Å². The van der Waals surface area contributed by atoms with Crippen molar-refractivity contribution in [3.05, 3.63) is 24.2 Å². The number of guanidine groups is 1. The van der Waals surface area contributed by atoms with Crippen molar-refractivity contribution in [2.75, 3.05) is 32.7 Å². The van der Waals surface area contributed by atoms with Crippen molar-refractivity contribution in [2.24, 2.45) is 4.99 Å². The van der Waals surface area contributed by atoms with Crippen LogP contribution in [0.3, 0.4) is 0 Å². The molecule has 23 heavy (non-hydrogen) atoms. The molecule has 130 valence electrons. The fraction of sp³-hybridized carbons (Fsp3) is 0.667. The van der Waals surface area contributed by atoms with E-state index in [2.05, 4.69) is 15.0 Å². The van der Waals surface area contributed by atoms with Crippen molar-refractivity contribution in [3.8, 4) is 0 Å². The molecule has 1 fully saturated rings. The summed E-state index contributed by atoms with van der Waals surface area (Å²) in [6, 6.07) is 3.79. The number of rotatable bonds is 7. The highest BCUT2D eigenvalue weighted by Gasteiger charge is 2.33. The standard InChI is InChI=1S/C15H26N4O3S/c1-3-16-15(17-9-7-13-6-5-11-22-13)19-10-8-14(12-19)23(20,21)18-4-2/h5-6,11,14,18H,3-4,7-10,12H2,1-2H3,(H,16,17). The summed E-state index contributed by atoms with van der Waals surface area (Å²) in [4.78, 5) is 6.61. The summed E-state index contributed by atoms with van der Waals surface area (Å²) in [6.45, 7) is 6.76. The van der Waals surface area contributed by atoms with Gasteiger partial charge in [-0.15, -0.1) is 0 Å². The van der Waals surface area contributed by atoms with Gasteiger partial charge >= 0.3 is 0 Å². The number of sulfonamides is 1. The first kappa shape index (κ1) is 17.8. The van der Waals surface area contributed by atoms with Gasteiger partial charge in [0.15, 0.2) is 5.96 Å². The zero-order valence-corrected chi connectivity index (χ0v) is 14.6. The zero-order valence-electron chi connectivity index (χ0n) is 13.8.